The molecule has 3 atom stereocenters. The molecule has 11 heteroatoms. The maximum Gasteiger partial charge on any atom is 0.335 e. The first kappa shape index (κ1) is 25.4. The number of nitrogens with one attached hydrogen (secondary N) is 2. The van der Waals surface area contributed by atoms with Crippen LogP contribution in [0.5, 0.6) is 5.75 Å². The molecule has 6 N–H and O–H groups in total. The number of carboxylic acid groups (broad SMARTS) is 2. The Morgan fingerprint density at radius 3 is 2.53 bits per heavy atom. The van der Waals surface area contributed by atoms with Gasteiger partial charge in [-0.15, -0.1) is 0 Å². The van der Waals surface area contributed by atoms with Gasteiger partial charge in [0.15, 0.2) is 12.2 Å². The van der Waals surface area contributed by atoms with E-state index >= 15 is 0 Å². The van der Waals surface area contributed by atoms with E-state index in [1.54, 1.807) is 0 Å². The predicted octanol–water partition coefficient (Wildman–Crippen LogP) is -0.347. The van der Waals surface area contributed by atoms with Crippen molar-refractivity contribution in [2.45, 2.75) is 44.0 Å². The van der Waals surface area contributed by atoms with E-state index in [4.69, 9.17) is 25.2 Å². The molecule has 1 aromatic carbocycles. The lowest BCUT2D eigenvalue weighted by molar-refractivity contribution is -0.165. The summed E-state index contributed by atoms with van der Waals surface area (Å²) >= 11 is 0. The quantitative estimate of drug-likeness (QED) is 0.274. The molecule has 0 aliphatic carbocycles. The number of nitrogens with zero attached hydrogens (tertiary/aromatic N) is 1. The maximum atomic E-state index is 11.6. The normalized spacial score (nSPS) is 19.4. The van der Waals surface area contributed by atoms with Crippen molar-refractivity contribution >= 4 is 18.0 Å². The van der Waals surface area contributed by atoms with Crippen LogP contribution in [0.3, 0.4) is 0 Å². The first-order valence-electron chi connectivity index (χ1n) is 10.6. The van der Waals surface area contributed by atoms with Gasteiger partial charge in [-0.1, -0.05) is 18.2 Å². The Kier molecular flexibility index (Phi) is 10.2. The number of aryl methyl sites for hydroxylation is 1. The van der Waals surface area contributed by atoms with Crippen LogP contribution in [0.15, 0.2) is 24.3 Å². The second-order valence-corrected chi connectivity index (χ2v) is 7.58. The largest absolute Gasteiger partial charge is 0.489 e. The van der Waals surface area contributed by atoms with Gasteiger partial charge in [-0.05, 0) is 43.9 Å². The summed E-state index contributed by atoms with van der Waals surface area (Å²) in [6.07, 6.45) is -0.0802. The molecular formula is C21H31N3O8. The fourth-order valence-corrected chi connectivity index (χ4v) is 3.34. The van der Waals surface area contributed by atoms with Crippen molar-refractivity contribution in [2.75, 3.05) is 32.7 Å². The fraction of sp³-hybridized carbons (Fsp3) is 0.571. The minimum Gasteiger partial charge on any atom is -0.489 e. The summed E-state index contributed by atoms with van der Waals surface area (Å²) in [4.78, 5) is 33.0. The molecule has 3 rings (SSSR count). The Labute approximate surface area is 186 Å². The number of hydrogen-bond donors (Lipinski definition) is 6. The van der Waals surface area contributed by atoms with Gasteiger partial charge in [0.25, 0.3) is 0 Å². The number of hydrogen-bond acceptors (Lipinski definition) is 7. The average molecular weight is 453 g/mol. The third-order valence-corrected chi connectivity index (χ3v) is 5.13. The third-order valence-electron chi connectivity index (χ3n) is 5.13. The second-order valence-electron chi connectivity index (χ2n) is 7.58. The summed E-state index contributed by atoms with van der Waals surface area (Å²) < 4.78 is 6.01. The third kappa shape index (κ3) is 7.98. The van der Waals surface area contributed by atoms with E-state index < -0.39 is 24.1 Å². The van der Waals surface area contributed by atoms with Crippen molar-refractivity contribution in [1.82, 2.24) is 15.5 Å². The van der Waals surface area contributed by atoms with Crippen LogP contribution >= 0.6 is 0 Å². The van der Waals surface area contributed by atoms with Gasteiger partial charge in [0, 0.05) is 26.2 Å². The number of aliphatic hydroxyl groups excluding tert-OH is 2. The Balaban J connectivity index is 0.000000309. The molecule has 0 bridgehead atoms. The summed E-state index contributed by atoms with van der Waals surface area (Å²) in [7, 11) is 0. The number of ether oxygens (including phenoxy) is 1. The van der Waals surface area contributed by atoms with Gasteiger partial charge in [-0.3, -0.25) is 0 Å². The molecule has 1 aromatic rings. The molecule has 2 amide bonds. The lowest BCUT2D eigenvalue weighted by Gasteiger charge is -2.28. The Bertz CT molecular complexity index is 757. The molecule has 1 fully saturated rings. The van der Waals surface area contributed by atoms with E-state index in [1.807, 2.05) is 11.0 Å². The van der Waals surface area contributed by atoms with Crippen LogP contribution in [-0.4, -0.2) is 94.3 Å². The van der Waals surface area contributed by atoms with Gasteiger partial charge >= 0.3 is 18.0 Å². The molecule has 0 radical (unpaired) electrons. The lowest BCUT2D eigenvalue weighted by Crippen LogP contribution is -2.47. The molecular weight excluding hydrogens is 422 g/mol. The van der Waals surface area contributed by atoms with Crippen molar-refractivity contribution in [3.8, 4) is 5.75 Å². The van der Waals surface area contributed by atoms with Crippen LogP contribution in [0.4, 0.5) is 4.79 Å². The Morgan fingerprint density at radius 1 is 1.19 bits per heavy atom. The zero-order valence-electron chi connectivity index (χ0n) is 17.8. The number of aliphatic carboxylic acids is 2. The SMILES string of the molecule is O=C(O)[C@H](O)[C@@H](O)C(=O)O.O=C1NCCCN1CCCNC[C@H]1CCc2ccccc2O1. The van der Waals surface area contributed by atoms with E-state index in [9.17, 15) is 14.4 Å². The van der Waals surface area contributed by atoms with Crippen LogP contribution < -0.4 is 15.4 Å². The van der Waals surface area contributed by atoms with Gasteiger partial charge in [0.05, 0.1) is 0 Å². The summed E-state index contributed by atoms with van der Waals surface area (Å²) in [5, 5.41) is 38.9. The van der Waals surface area contributed by atoms with Gasteiger partial charge in [-0.25, -0.2) is 14.4 Å². The number of amides is 2. The average Bonchev–Trinajstić information content (AvgIpc) is 2.79. The van der Waals surface area contributed by atoms with Crippen molar-refractivity contribution < 1.29 is 39.5 Å². The number of para-hydroxylation sites is 1. The summed E-state index contributed by atoms with van der Waals surface area (Å²) in [6.45, 7) is 4.32. The topological polar surface area (TPSA) is 169 Å². The summed E-state index contributed by atoms with van der Waals surface area (Å²) in [5.74, 6) is -2.50. The lowest BCUT2D eigenvalue weighted by atomic mass is 10.0. The minimum absolute atomic E-state index is 0.0819. The van der Waals surface area contributed by atoms with Gasteiger partial charge in [-0.2, -0.15) is 0 Å². The molecule has 2 aliphatic heterocycles. The van der Waals surface area contributed by atoms with Crippen molar-refractivity contribution in [3.63, 3.8) is 0 Å². The highest BCUT2D eigenvalue weighted by molar-refractivity contribution is 5.83. The predicted molar refractivity (Wildman–Crippen MR) is 114 cm³/mol. The first-order chi connectivity index (χ1) is 15.3. The number of fused-ring (bicyclic) bond motifs is 1. The van der Waals surface area contributed by atoms with E-state index in [1.165, 1.54) is 5.56 Å². The molecule has 0 saturated carbocycles. The zero-order chi connectivity index (χ0) is 23.5. The monoisotopic (exact) mass is 453 g/mol. The molecule has 0 unspecified atom stereocenters. The molecule has 178 valence electrons. The molecule has 32 heavy (non-hydrogen) atoms. The Hall–Kier alpha value is -2.89. The van der Waals surface area contributed by atoms with Crippen LogP contribution in [0, 0.1) is 0 Å². The standard InChI is InChI=1S/C17H25N3O2.C4H6O6/c21-17-19-10-4-12-20(17)11-3-9-18-13-15-8-7-14-5-1-2-6-16(14)22-15;5-1(3(7)8)2(6)4(9)10/h1-2,5-6,15,18H,3-4,7-13H2,(H,19,21);1-2,5-6H,(H,7,8)(H,9,10)/t15-;1-,2-/m11/s1. The highest BCUT2D eigenvalue weighted by Crippen LogP contribution is 2.26. The van der Waals surface area contributed by atoms with Crippen LogP contribution in [0.2, 0.25) is 0 Å². The fourth-order valence-electron chi connectivity index (χ4n) is 3.34. The molecule has 0 spiro atoms. The highest BCUT2D eigenvalue weighted by Gasteiger charge is 2.29. The van der Waals surface area contributed by atoms with Gasteiger partial charge in [0.2, 0.25) is 0 Å². The first-order valence-corrected chi connectivity index (χ1v) is 10.6. The second kappa shape index (κ2) is 12.8. The smallest absolute Gasteiger partial charge is 0.335 e. The van der Waals surface area contributed by atoms with E-state index in [-0.39, 0.29) is 12.1 Å². The van der Waals surface area contributed by atoms with Gasteiger partial charge < -0.3 is 40.7 Å². The number of carboxylic acids is 2. The van der Waals surface area contributed by atoms with Crippen LogP contribution in [-0.2, 0) is 16.0 Å². The number of carbonyl (C=O) groups is 3. The van der Waals surface area contributed by atoms with Crippen molar-refractivity contribution in [1.29, 1.82) is 0 Å². The summed E-state index contributed by atoms with van der Waals surface area (Å²) in [5.41, 5.74) is 1.31. The zero-order valence-corrected chi connectivity index (χ0v) is 17.8. The molecule has 2 aliphatic rings. The molecule has 1 saturated heterocycles. The van der Waals surface area contributed by atoms with Crippen molar-refractivity contribution in [2.24, 2.45) is 0 Å². The number of aliphatic hydroxyl groups is 2. The number of rotatable bonds is 9. The highest BCUT2D eigenvalue weighted by atomic mass is 16.5. The maximum absolute atomic E-state index is 11.6. The minimum atomic E-state index is -2.27. The van der Waals surface area contributed by atoms with Gasteiger partial charge in [0.1, 0.15) is 11.9 Å². The van der Waals surface area contributed by atoms with Crippen LogP contribution in [0.1, 0.15) is 24.8 Å². The summed E-state index contributed by atoms with van der Waals surface area (Å²) in [6, 6.07) is 8.37. The van der Waals surface area contributed by atoms with E-state index in [0.717, 1.165) is 64.2 Å². The number of carbonyl (C=O) groups excluding carboxylic acids is 1. The molecule has 2 heterocycles. The van der Waals surface area contributed by atoms with Crippen LogP contribution in [0.25, 0.3) is 0 Å². The number of benzene rings is 1. The molecule has 0 aromatic heterocycles. The van der Waals surface area contributed by atoms with Crippen molar-refractivity contribution in [3.05, 3.63) is 29.8 Å². The number of urea groups is 1. The van der Waals surface area contributed by atoms with E-state index in [2.05, 4.69) is 28.8 Å². The van der Waals surface area contributed by atoms with E-state index in [0.29, 0.717) is 0 Å². The molecule has 11 nitrogen and oxygen atoms in total. The Morgan fingerprint density at radius 2 is 1.88 bits per heavy atom.